The smallest absolute Gasteiger partial charge is 0.164 e. The van der Waals surface area contributed by atoms with Gasteiger partial charge in [0.25, 0.3) is 0 Å². The summed E-state index contributed by atoms with van der Waals surface area (Å²) in [5, 5.41) is 0. The summed E-state index contributed by atoms with van der Waals surface area (Å²) in [6.07, 6.45) is 6.96. The lowest BCUT2D eigenvalue weighted by Crippen LogP contribution is -2.28. The minimum atomic E-state index is -0.231. The van der Waals surface area contributed by atoms with E-state index in [2.05, 4.69) is 199 Å². The van der Waals surface area contributed by atoms with Crippen LogP contribution >= 0.6 is 0 Å². The molecule has 2 aromatic heterocycles. The molecule has 7 aromatic carbocycles. The van der Waals surface area contributed by atoms with Gasteiger partial charge in [0.2, 0.25) is 0 Å². The van der Waals surface area contributed by atoms with Crippen LogP contribution < -0.4 is 0 Å². The summed E-state index contributed by atoms with van der Waals surface area (Å²) in [5.74, 6) is 4.37. The van der Waals surface area contributed by atoms with Gasteiger partial charge in [-0.15, -0.1) is 0 Å². The Bertz CT molecular complexity index is 3340. The van der Waals surface area contributed by atoms with Gasteiger partial charge in [0, 0.05) is 45.2 Å². The van der Waals surface area contributed by atoms with E-state index < -0.39 is 0 Å². The van der Waals surface area contributed by atoms with Crippen molar-refractivity contribution < 1.29 is 0 Å². The third kappa shape index (κ3) is 7.49. The maximum absolute atomic E-state index is 5.16. The van der Waals surface area contributed by atoms with E-state index in [-0.39, 0.29) is 17.3 Å². The molecule has 2 atom stereocenters. The summed E-state index contributed by atoms with van der Waals surface area (Å²) >= 11 is 0. The molecule has 2 unspecified atom stereocenters. The van der Waals surface area contributed by atoms with E-state index in [0.29, 0.717) is 34.9 Å². The van der Waals surface area contributed by atoms with Gasteiger partial charge in [0.15, 0.2) is 34.9 Å². The highest BCUT2D eigenvalue weighted by Gasteiger charge is 2.49. The molecule has 11 rings (SSSR count). The number of aryl methyl sites for hydroxylation is 4. The minimum Gasteiger partial charge on any atom is -0.208 e. The van der Waals surface area contributed by atoms with E-state index in [1.165, 1.54) is 27.8 Å². The summed E-state index contributed by atoms with van der Waals surface area (Å²) in [6.45, 7) is 13.3. The molecule has 0 aliphatic heterocycles. The number of nitrogens with zero attached hydrogens (tertiary/aromatic N) is 6. The van der Waals surface area contributed by atoms with E-state index in [0.717, 1.165) is 61.2 Å². The average molecular weight is 867 g/mol. The van der Waals surface area contributed by atoms with Crippen molar-refractivity contribution in [3.8, 4) is 79.5 Å². The maximum atomic E-state index is 5.16. The number of allylic oxidation sites excluding steroid dienone is 4. The average Bonchev–Trinajstić information content (AvgIpc) is 3.60. The van der Waals surface area contributed by atoms with E-state index in [1.54, 1.807) is 0 Å². The molecule has 6 heteroatoms. The molecular formula is C61H50N6. The van der Waals surface area contributed by atoms with Crippen LogP contribution in [0.4, 0.5) is 0 Å². The van der Waals surface area contributed by atoms with Crippen molar-refractivity contribution in [3.05, 3.63) is 221 Å². The molecule has 0 saturated carbocycles. The summed E-state index contributed by atoms with van der Waals surface area (Å²) in [5.41, 5.74) is 17.7. The fourth-order valence-electron chi connectivity index (χ4n) is 10.5. The van der Waals surface area contributed by atoms with E-state index in [9.17, 15) is 0 Å². The SMILES string of the molecule is Cc1ccccc1-c1nc(-c2cccc(C3=CC=CC4c5cccc(-c6cccc(-c7nc(-c8ccccc8C)nc(-c8ccccc8C)n7)c6)c5C(C)(C)C34)c2)nc(-c2ccccc2C)n1. The third-order valence-electron chi connectivity index (χ3n) is 13.9. The minimum absolute atomic E-state index is 0.187. The second-order valence-corrected chi connectivity index (χ2v) is 18.5. The topological polar surface area (TPSA) is 77.3 Å². The van der Waals surface area contributed by atoms with Gasteiger partial charge in [-0.25, -0.2) is 29.9 Å². The highest BCUT2D eigenvalue weighted by atomic mass is 15.0. The molecule has 0 N–H and O–H groups in total. The van der Waals surface area contributed by atoms with Crippen molar-refractivity contribution in [2.24, 2.45) is 5.92 Å². The van der Waals surface area contributed by atoms with Crippen LogP contribution in [0.3, 0.4) is 0 Å². The van der Waals surface area contributed by atoms with Gasteiger partial charge in [-0.3, -0.25) is 0 Å². The summed E-state index contributed by atoms with van der Waals surface area (Å²) in [6, 6.07) is 57.5. The van der Waals surface area contributed by atoms with Crippen molar-refractivity contribution in [2.45, 2.75) is 52.9 Å². The number of fused-ring (bicyclic) bond motifs is 3. The van der Waals surface area contributed by atoms with Crippen molar-refractivity contribution in [2.75, 3.05) is 0 Å². The first kappa shape index (κ1) is 41.7. The fourth-order valence-corrected chi connectivity index (χ4v) is 10.5. The molecule has 6 nitrogen and oxygen atoms in total. The Hall–Kier alpha value is -7.96. The highest BCUT2D eigenvalue weighted by Crippen LogP contribution is 2.59. The van der Waals surface area contributed by atoms with Gasteiger partial charge < -0.3 is 0 Å². The Kier molecular flexibility index (Phi) is 10.5. The van der Waals surface area contributed by atoms with E-state index in [1.807, 2.05) is 24.3 Å². The zero-order valence-corrected chi connectivity index (χ0v) is 38.7. The quantitative estimate of drug-likeness (QED) is 0.151. The Balaban J connectivity index is 0.981. The van der Waals surface area contributed by atoms with Crippen LogP contribution in [-0.2, 0) is 5.41 Å². The third-order valence-corrected chi connectivity index (χ3v) is 13.9. The van der Waals surface area contributed by atoms with Crippen LogP contribution in [0.25, 0.3) is 85.0 Å². The lowest BCUT2D eigenvalue weighted by Gasteiger charge is -2.35. The van der Waals surface area contributed by atoms with E-state index in [4.69, 9.17) is 29.9 Å². The number of benzene rings is 7. The van der Waals surface area contributed by atoms with Gasteiger partial charge in [0.1, 0.15) is 0 Å². The normalized spacial score (nSPS) is 15.8. The second kappa shape index (κ2) is 16.8. The molecule has 0 saturated heterocycles. The number of hydrogen-bond donors (Lipinski definition) is 0. The summed E-state index contributed by atoms with van der Waals surface area (Å²) in [7, 11) is 0. The van der Waals surface area contributed by atoms with Crippen molar-refractivity contribution >= 4 is 5.57 Å². The molecule has 67 heavy (non-hydrogen) atoms. The monoisotopic (exact) mass is 866 g/mol. The van der Waals surface area contributed by atoms with Crippen LogP contribution in [0.1, 0.15) is 58.7 Å². The van der Waals surface area contributed by atoms with Crippen LogP contribution in [0.2, 0.25) is 0 Å². The van der Waals surface area contributed by atoms with Crippen molar-refractivity contribution in [1.82, 2.24) is 29.9 Å². The lowest BCUT2D eigenvalue weighted by atomic mass is 9.68. The van der Waals surface area contributed by atoms with Gasteiger partial charge in [0.05, 0.1) is 0 Å². The first-order valence-electron chi connectivity index (χ1n) is 23.1. The van der Waals surface area contributed by atoms with Gasteiger partial charge in [-0.05, 0) is 101 Å². The molecule has 0 amide bonds. The predicted octanol–water partition coefficient (Wildman–Crippen LogP) is 14.6. The largest absolute Gasteiger partial charge is 0.208 e. The molecule has 324 valence electrons. The Morgan fingerprint density at radius 2 is 0.746 bits per heavy atom. The van der Waals surface area contributed by atoms with E-state index >= 15 is 0 Å². The Morgan fingerprint density at radius 3 is 1.21 bits per heavy atom. The van der Waals surface area contributed by atoms with Gasteiger partial charge in [-0.2, -0.15) is 0 Å². The standard InChI is InChI=1S/C61H50N6/c1-37-19-7-11-27-45(37)57-62-55(63-58(66-57)46-28-12-8-20-38(46)2)43-25-15-23-41(35-43)49-31-17-33-51-52-34-18-32-50(54(52)61(5,6)53(49)51)42-24-16-26-44(36-42)56-64-59(47-29-13-9-21-39(47)3)67-60(65-56)48-30-14-10-22-40(48)4/h7-36,51,53H,1-6H3. The summed E-state index contributed by atoms with van der Waals surface area (Å²) in [4.78, 5) is 30.7. The first-order chi connectivity index (χ1) is 32.6. The predicted molar refractivity (Wildman–Crippen MR) is 273 cm³/mol. The zero-order valence-electron chi connectivity index (χ0n) is 38.7. The molecule has 0 bridgehead atoms. The zero-order chi connectivity index (χ0) is 45.8. The molecular weight excluding hydrogens is 817 g/mol. The molecule has 2 heterocycles. The van der Waals surface area contributed by atoms with Crippen molar-refractivity contribution in [3.63, 3.8) is 0 Å². The number of hydrogen-bond acceptors (Lipinski definition) is 6. The first-order valence-corrected chi connectivity index (χ1v) is 23.1. The number of aromatic nitrogens is 6. The van der Waals surface area contributed by atoms with Gasteiger partial charge in [-0.1, -0.05) is 184 Å². The van der Waals surface area contributed by atoms with Crippen LogP contribution in [-0.4, -0.2) is 29.9 Å². The molecule has 0 radical (unpaired) electrons. The van der Waals surface area contributed by atoms with Gasteiger partial charge >= 0.3 is 0 Å². The molecule has 0 spiro atoms. The Morgan fingerprint density at radius 1 is 0.373 bits per heavy atom. The van der Waals surface area contributed by atoms with Crippen molar-refractivity contribution in [1.29, 1.82) is 0 Å². The highest BCUT2D eigenvalue weighted by molar-refractivity contribution is 5.83. The second-order valence-electron chi connectivity index (χ2n) is 18.5. The lowest BCUT2D eigenvalue weighted by molar-refractivity contribution is 0.407. The summed E-state index contributed by atoms with van der Waals surface area (Å²) < 4.78 is 0. The van der Waals surface area contributed by atoms with Crippen LogP contribution in [0.5, 0.6) is 0 Å². The van der Waals surface area contributed by atoms with Crippen LogP contribution in [0, 0.1) is 33.6 Å². The molecule has 2 aliphatic rings. The fraction of sp³-hybridized carbons (Fsp3) is 0.148. The molecule has 0 fully saturated rings. The molecule has 2 aliphatic carbocycles. The maximum Gasteiger partial charge on any atom is 0.164 e. The Labute approximate surface area is 393 Å². The van der Waals surface area contributed by atoms with Crippen LogP contribution in [0.15, 0.2) is 182 Å². The number of rotatable bonds is 8. The molecule has 9 aromatic rings.